The summed E-state index contributed by atoms with van der Waals surface area (Å²) in [6, 6.07) is 6.20. The maximum absolute atomic E-state index is 13.9. The number of rotatable bonds is 9. The van der Waals surface area contributed by atoms with Crippen LogP contribution in [0, 0.1) is 10.1 Å². The Morgan fingerprint density at radius 3 is 2.17 bits per heavy atom. The molecule has 0 saturated heterocycles. The van der Waals surface area contributed by atoms with Crippen LogP contribution >= 0.6 is 7.60 Å². The number of hydrogen-bond donors (Lipinski definition) is 0. The molecule has 0 spiro atoms. The van der Waals surface area contributed by atoms with E-state index in [1.165, 1.54) is 12.1 Å². The van der Waals surface area contributed by atoms with Gasteiger partial charge in [-0.1, -0.05) is 12.1 Å². The van der Waals surface area contributed by atoms with Gasteiger partial charge in [-0.2, -0.15) is 0 Å². The molecule has 1 aromatic rings. The van der Waals surface area contributed by atoms with Gasteiger partial charge in [-0.05, 0) is 47.1 Å². The third-order valence-corrected chi connectivity index (χ3v) is 6.90. The molecule has 1 aliphatic heterocycles. The summed E-state index contributed by atoms with van der Waals surface area (Å²) in [5.41, 5.74) is 0.752. The van der Waals surface area contributed by atoms with Crippen LogP contribution in [0.5, 0.6) is 0 Å². The largest absolute Gasteiger partial charge is 0.469 e. The number of nitro groups is 1. The Morgan fingerprint density at radius 1 is 1.17 bits per heavy atom. The third-order valence-electron chi connectivity index (χ3n) is 4.28. The Bertz CT molecular complexity index is 775. The van der Waals surface area contributed by atoms with Crippen molar-refractivity contribution in [3.63, 3.8) is 0 Å². The minimum absolute atomic E-state index is 0.00976. The van der Waals surface area contributed by atoms with Gasteiger partial charge in [0.2, 0.25) is 0 Å². The average molecular weight is 427 g/mol. The van der Waals surface area contributed by atoms with Crippen molar-refractivity contribution >= 4 is 13.3 Å². The van der Waals surface area contributed by atoms with Crippen molar-refractivity contribution in [2.75, 3.05) is 6.61 Å². The van der Waals surface area contributed by atoms with E-state index in [2.05, 4.69) is 0 Å². The van der Waals surface area contributed by atoms with Crippen molar-refractivity contribution in [2.45, 2.75) is 72.4 Å². The summed E-state index contributed by atoms with van der Waals surface area (Å²) in [4.78, 5) is 10.6. The quantitative estimate of drug-likeness (QED) is 0.282. The van der Waals surface area contributed by atoms with Crippen molar-refractivity contribution in [3.05, 3.63) is 51.0 Å². The van der Waals surface area contributed by atoms with E-state index in [-0.39, 0.29) is 23.8 Å². The first-order chi connectivity index (χ1) is 13.6. The van der Waals surface area contributed by atoms with E-state index in [1.54, 1.807) is 46.8 Å². The number of allylic oxidation sites excluding steroid dienone is 2. The lowest BCUT2D eigenvalue weighted by Gasteiger charge is -2.36. The lowest BCUT2D eigenvalue weighted by molar-refractivity contribution is -0.384. The van der Waals surface area contributed by atoms with Gasteiger partial charge in [0.05, 0.1) is 22.4 Å². The lowest BCUT2D eigenvalue weighted by atomic mass is 9.92. The second-order valence-electron chi connectivity index (χ2n) is 7.39. The fraction of sp³-hybridized carbons (Fsp3) is 0.600. The highest BCUT2D eigenvalue weighted by molar-refractivity contribution is 7.58. The molecule has 0 radical (unpaired) electrons. The van der Waals surface area contributed by atoms with Crippen LogP contribution < -0.4 is 0 Å². The van der Waals surface area contributed by atoms with Crippen LogP contribution in [0.25, 0.3) is 0 Å². The first kappa shape index (κ1) is 23.5. The van der Waals surface area contributed by atoms with E-state index in [9.17, 15) is 14.7 Å². The topological polar surface area (TPSA) is 97.1 Å². The smallest absolute Gasteiger partial charge is 0.361 e. The van der Waals surface area contributed by atoms with Crippen molar-refractivity contribution in [1.82, 2.24) is 0 Å². The Balaban J connectivity index is 2.56. The molecule has 0 aliphatic carbocycles. The molecule has 0 aromatic heterocycles. The summed E-state index contributed by atoms with van der Waals surface area (Å²) in [7, 11) is -3.70. The van der Waals surface area contributed by atoms with Crippen LogP contribution in [0.15, 0.2) is 35.3 Å². The molecule has 162 valence electrons. The number of non-ortho nitro benzene ring substituents is 1. The van der Waals surface area contributed by atoms with Crippen LogP contribution in [-0.2, 0) is 23.1 Å². The van der Waals surface area contributed by atoms with Crippen LogP contribution in [0.1, 0.15) is 59.4 Å². The van der Waals surface area contributed by atoms with E-state index in [1.807, 2.05) is 6.92 Å². The predicted molar refractivity (Wildman–Crippen MR) is 110 cm³/mol. The molecule has 0 N–H and O–H groups in total. The summed E-state index contributed by atoms with van der Waals surface area (Å²) >= 11 is 0. The monoisotopic (exact) mass is 427 g/mol. The van der Waals surface area contributed by atoms with Crippen molar-refractivity contribution in [2.24, 2.45) is 0 Å². The number of benzene rings is 1. The number of nitrogens with zero attached hydrogens (tertiary/aromatic N) is 1. The Hall–Kier alpha value is -1.73. The normalized spacial score (nSPS) is 20.3. The van der Waals surface area contributed by atoms with Crippen LogP contribution in [-0.4, -0.2) is 30.0 Å². The highest BCUT2D eigenvalue weighted by Gasteiger charge is 2.44. The molecule has 0 saturated carbocycles. The summed E-state index contributed by atoms with van der Waals surface area (Å²) in [6.07, 6.45) is -0.787. The zero-order chi connectivity index (χ0) is 21.8. The zero-order valence-electron chi connectivity index (χ0n) is 17.8. The standard InChI is InChI=1S/C20H30NO7P/c1-7-25-19-12-18(16-8-10-17(11-9-16)21(22)23)20(15(6)26-19)29(24,27-13(2)3)28-14(4)5/h8-11,13-14,18-19H,7,12H2,1-6H3/t18-,19-/m0/s1. The molecular formula is C20H30NO7P. The number of ether oxygens (including phenoxy) is 2. The maximum Gasteiger partial charge on any atom is 0.361 e. The van der Waals surface area contributed by atoms with Crippen LogP contribution in [0.3, 0.4) is 0 Å². The SMILES string of the molecule is CCO[C@@H]1C[C@@H](c2ccc([N+](=O)[O-])cc2)C(P(=O)(OC(C)C)OC(C)C)=C(C)O1. The van der Waals surface area contributed by atoms with Gasteiger partial charge in [-0.3, -0.25) is 14.7 Å². The average Bonchev–Trinajstić information content (AvgIpc) is 2.59. The Labute approximate surface area is 171 Å². The molecule has 0 unspecified atom stereocenters. The lowest BCUT2D eigenvalue weighted by Crippen LogP contribution is -2.28. The molecular weight excluding hydrogens is 397 g/mol. The Kier molecular flexibility index (Phi) is 8.00. The van der Waals surface area contributed by atoms with E-state index in [4.69, 9.17) is 18.5 Å². The van der Waals surface area contributed by atoms with Gasteiger partial charge in [0.25, 0.3) is 5.69 Å². The zero-order valence-corrected chi connectivity index (χ0v) is 18.7. The molecule has 2 rings (SSSR count). The minimum Gasteiger partial charge on any atom is -0.469 e. The van der Waals surface area contributed by atoms with E-state index >= 15 is 0 Å². The summed E-state index contributed by atoms with van der Waals surface area (Å²) in [6.45, 7) is 11.2. The molecule has 9 heteroatoms. The first-order valence-electron chi connectivity index (χ1n) is 9.78. The second kappa shape index (κ2) is 9.85. The van der Waals surface area contributed by atoms with Crippen LogP contribution in [0.2, 0.25) is 0 Å². The van der Waals surface area contributed by atoms with Crippen molar-refractivity contribution in [1.29, 1.82) is 0 Å². The highest BCUT2D eigenvalue weighted by Crippen LogP contribution is 2.65. The van der Waals surface area contributed by atoms with Gasteiger partial charge in [-0.15, -0.1) is 0 Å². The molecule has 0 amide bonds. The maximum atomic E-state index is 13.9. The van der Waals surface area contributed by atoms with Crippen molar-refractivity contribution in [3.8, 4) is 0 Å². The van der Waals surface area contributed by atoms with Gasteiger partial charge in [0.15, 0.2) is 6.29 Å². The van der Waals surface area contributed by atoms with Crippen molar-refractivity contribution < 1.29 is 28.0 Å². The van der Waals surface area contributed by atoms with Gasteiger partial charge in [0.1, 0.15) is 5.76 Å². The predicted octanol–water partition coefficient (Wildman–Crippen LogP) is 5.74. The summed E-state index contributed by atoms with van der Waals surface area (Å²) in [5, 5.41) is 11.5. The molecule has 1 aromatic carbocycles. The second-order valence-corrected chi connectivity index (χ2v) is 9.29. The van der Waals surface area contributed by atoms with Gasteiger partial charge in [0, 0.05) is 31.1 Å². The van der Waals surface area contributed by atoms with E-state index in [0.717, 1.165) is 5.56 Å². The molecule has 0 fully saturated rings. The van der Waals surface area contributed by atoms with Gasteiger partial charge in [-0.25, -0.2) is 0 Å². The molecule has 1 heterocycles. The molecule has 8 nitrogen and oxygen atoms in total. The minimum atomic E-state index is -3.70. The number of hydrogen-bond acceptors (Lipinski definition) is 7. The Morgan fingerprint density at radius 2 is 1.72 bits per heavy atom. The van der Waals surface area contributed by atoms with E-state index in [0.29, 0.717) is 24.1 Å². The highest BCUT2D eigenvalue weighted by atomic mass is 31.2. The molecule has 29 heavy (non-hydrogen) atoms. The third kappa shape index (κ3) is 5.89. The summed E-state index contributed by atoms with van der Waals surface area (Å²) in [5.74, 6) is 0.0483. The summed E-state index contributed by atoms with van der Waals surface area (Å²) < 4.78 is 37.1. The molecule has 1 aliphatic rings. The fourth-order valence-corrected chi connectivity index (χ4v) is 5.80. The number of nitro benzene ring substituents is 1. The van der Waals surface area contributed by atoms with Gasteiger partial charge >= 0.3 is 7.60 Å². The van der Waals surface area contributed by atoms with Gasteiger partial charge < -0.3 is 18.5 Å². The molecule has 0 bridgehead atoms. The van der Waals surface area contributed by atoms with Crippen LogP contribution in [0.4, 0.5) is 5.69 Å². The first-order valence-corrected chi connectivity index (χ1v) is 11.3. The fourth-order valence-electron chi connectivity index (χ4n) is 3.34. The van der Waals surface area contributed by atoms with E-state index < -0.39 is 18.8 Å². The molecule has 2 atom stereocenters.